The minimum absolute atomic E-state index is 0.115. The van der Waals surface area contributed by atoms with Gasteiger partial charge in [-0.2, -0.15) is 0 Å². The topological polar surface area (TPSA) is 54.4 Å². The summed E-state index contributed by atoms with van der Waals surface area (Å²) in [5.41, 5.74) is -0.677. The molecule has 0 aromatic heterocycles. The van der Waals surface area contributed by atoms with Gasteiger partial charge in [0.05, 0.1) is 11.4 Å². The van der Waals surface area contributed by atoms with Crippen molar-refractivity contribution in [3.8, 4) is 0 Å². The lowest BCUT2D eigenvalue weighted by molar-refractivity contribution is 0.0446. The Kier molecular flexibility index (Phi) is 2.78. The summed E-state index contributed by atoms with van der Waals surface area (Å²) < 4.78 is 21.6. The maximum absolute atomic E-state index is 10.8. The summed E-state index contributed by atoms with van der Waals surface area (Å²) in [6, 6.07) is 0. The Labute approximate surface area is 73.7 Å². The van der Waals surface area contributed by atoms with Gasteiger partial charge in [-0.05, 0) is 19.3 Å². The second kappa shape index (κ2) is 3.34. The lowest BCUT2D eigenvalue weighted by atomic mass is 10.00. The fraction of sp³-hybridized carbons (Fsp3) is 1.00. The van der Waals surface area contributed by atoms with Crippen LogP contribution in [0.3, 0.4) is 0 Å². The number of hydrogen-bond acceptors (Lipinski definition) is 3. The average molecular weight is 192 g/mol. The molecule has 1 aliphatic carbocycles. The van der Waals surface area contributed by atoms with Crippen molar-refractivity contribution >= 4 is 9.84 Å². The van der Waals surface area contributed by atoms with Crippen LogP contribution in [0.2, 0.25) is 0 Å². The zero-order chi connectivity index (χ0) is 9.24. The molecule has 0 bridgehead atoms. The number of sulfone groups is 1. The first kappa shape index (κ1) is 9.99. The van der Waals surface area contributed by atoms with Crippen LogP contribution in [0, 0.1) is 0 Å². The molecule has 0 atom stereocenters. The largest absolute Gasteiger partial charge is 0.390 e. The maximum Gasteiger partial charge on any atom is 0.147 e. The van der Waals surface area contributed by atoms with E-state index in [2.05, 4.69) is 0 Å². The van der Waals surface area contributed by atoms with Gasteiger partial charge >= 0.3 is 0 Å². The summed E-state index contributed by atoms with van der Waals surface area (Å²) in [4.78, 5) is 0. The SMILES string of the molecule is CS(=O)(=O)CCC1(O)CCCC1. The molecule has 72 valence electrons. The molecular weight excluding hydrogens is 176 g/mol. The van der Waals surface area contributed by atoms with Crippen LogP contribution in [0.15, 0.2) is 0 Å². The lowest BCUT2D eigenvalue weighted by Crippen LogP contribution is -2.27. The zero-order valence-electron chi connectivity index (χ0n) is 7.41. The predicted molar refractivity (Wildman–Crippen MR) is 47.7 cm³/mol. The standard InChI is InChI=1S/C8H16O3S/c1-12(10,11)7-6-8(9)4-2-3-5-8/h9H,2-7H2,1H3. The molecule has 0 amide bonds. The van der Waals surface area contributed by atoms with Gasteiger partial charge in [-0.15, -0.1) is 0 Å². The molecule has 0 radical (unpaired) electrons. The summed E-state index contributed by atoms with van der Waals surface area (Å²) in [7, 11) is -2.91. The number of hydrogen-bond donors (Lipinski definition) is 1. The van der Waals surface area contributed by atoms with Gasteiger partial charge in [0.15, 0.2) is 0 Å². The fourth-order valence-corrected chi connectivity index (χ4v) is 2.41. The molecule has 0 aromatic carbocycles. The van der Waals surface area contributed by atoms with Gasteiger partial charge in [0.1, 0.15) is 9.84 Å². The van der Waals surface area contributed by atoms with E-state index in [0.29, 0.717) is 6.42 Å². The molecule has 1 saturated carbocycles. The van der Waals surface area contributed by atoms with Crippen LogP contribution in [0.1, 0.15) is 32.1 Å². The first-order valence-corrected chi connectivity index (χ1v) is 6.38. The van der Waals surface area contributed by atoms with Crippen LogP contribution in [0.25, 0.3) is 0 Å². The molecule has 1 aliphatic rings. The second-order valence-electron chi connectivity index (χ2n) is 3.81. The van der Waals surface area contributed by atoms with Crippen LogP contribution in [0.4, 0.5) is 0 Å². The van der Waals surface area contributed by atoms with Gasteiger partial charge in [0, 0.05) is 6.26 Å². The summed E-state index contributed by atoms with van der Waals surface area (Å²) in [6.07, 6.45) is 5.21. The summed E-state index contributed by atoms with van der Waals surface area (Å²) in [5.74, 6) is 0.115. The van der Waals surface area contributed by atoms with Gasteiger partial charge in [-0.1, -0.05) is 12.8 Å². The van der Waals surface area contributed by atoms with Crippen LogP contribution < -0.4 is 0 Å². The second-order valence-corrected chi connectivity index (χ2v) is 6.07. The Bertz CT molecular complexity index is 237. The van der Waals surface area contributed by atoms with Crippen molar-refractivity contribution in [2.75, 3.05) is 12.0 Å². The molecule has 0 unspecified atom stereocenters. The third-order valence-corrected chi connectivity index (χ3v) is 3.42. The summed E-state index contributed by atoms with van der Waals surface area (Å²) in [5, 5.41) is 9.79. The molecule has 0 saturated heterocycles. The lowest BCUT2D eigenvalue weighted by Gasteiger charge is -2.20. The number of rotatable bonds is 3. The highest BCUT2D eigenvalue weighted by molar-refractivity contribution is 7.90. The van der Waals surface area contributed by atoms with E-state index >= 15 is 0 Å². The molecule has 0 heterocycles. The average Bonchev–Trinajstić information content (AvgIpc) is 2.32. The molecular formula is C8H16O3S. The molecule has 0 aliphatic heterocycles. The Morgan fingerprint density at radius 1 is 1.33 bits per heavy atom. The molecule has 1 fully saturated rings. The van der Waals surface area contributed by atoms with E-state index in [4.69, 9.17) is 0 Å². The molecule has 0 aromatic rings. The predicted octanol–water partition coefficient (Wildman–Crippen LogP) is 0.726. The first-order valence-electron chi connectivity index (χ1n) is 4.31. The van der Waals surface area contributed by atoms with Crippen molar-refractivity contribution < 1.29 is 13.5 Å². The Balaban J connectivity index is 2.41. The van der Waals surface area contributed by atoms with Crippen molar-refractivity contribution in [2.24, 2.45) is 0 Å². The molecule has 0 spiro atoms. The molecule has 12 heavy (non-hydrogen) atoms. The zero-order valence-corrected chi connectivity index (χ0v) is 8.23. The molecule has 1 N–H and O–H groups in total. The van der Waals surface area contributed by atoms with Crippen molar-refractivity contribution in [3.63, 3.8) is 0 Å². The summed E-state index contributed by atoms with van der Waals surface area (Å²) >= 11 is 0. The van der Waals surface area contributed by atoms with Crippen molar-refractivity contribution in [3.05, 3.63) is 0 Å². The van der Waals surface area contributed by atoms with Crippen molar-refractivity contribution in [1.29, 1.82) is 0 Å². The van der Waals surface area contributed by atoms with Crippen LogP contribution in [0.5, 0.6) is 0 Å². The van der Waals surface area contributed by atoms with E-state index in [1.165, 1.54) is 6.26 Å². The van der Waals surface area contributed by atoms with Crippen LogP contribution in [-0.4, -0.2) is 31.1 Å². The Morgan fingerprint density at radius 2 is 1.83 bits per heavy atom. The monoisotopic (exact) mass is 192 g/mol. The van der Waals surface area contributed by atoms with Gasteiger partial charge in [-0.25, -0.2) is 8.42 Å². The van der Waals surface area contributed by atoms with Gasteiger partial charge in [0.25, 0.3) is 0 Å². The number of aliphatic hydroxyl groups is 1. The first-order chi connectivity index (χ1) is 5.41. The molecule has 4 heteroatoms. The third-order valence-electron chi connectivity index (χ3n) is 2.47. The third kappa shape index (κ3) is 3.11. The van der Waals surface area contributed by atoms with E-state index < -0.39 is 15.4 Å². The van der Waals surface area contributed by atoms with Crippen LogP contribution >= 0.6 is 0 Å². The maximum atomic E-state index is 10.8. The summed E-state index contributed by atoms with van der Waals surface area (Å²) in [6.45, 7) is 0. The molecule has 3 nitrogen and oxygen atoms in total. The Hall–Kier alpha value is -0.0900. The van der Waals surface area contributed by atoms with Gasteiger partial charge in [0.2, 0.25) is 0 Å². The highest BCUT2D eigenvalue weighted by Crippen LogP contribution is 2.32. The van der Waals surface area contributed by atoms with Gasteiger partial charge in [-0.3, -0.25) is 0 Å². The highest BCUT2D eigenvalue weighted by Gasteiger charge is 2.31. The molecule has 1 rings (SSSR count). The van der Waals surface area contributed by atoms with Crippen molar-refractivity contribution in [1.82, 2.24) is 0 Å². The van der Waals surface area contributed by atoms with Crippen molar-refractivity contribution in [2.45, 2.75) is 37.7 Å². The van der Waals surface area contributed by atoms with E-state index in [0.717, 1.165) is 25.7 Å². The highest BCUT2D eigenvalue weighted by atomic mass is 32.2. The van der Waals surface area contributed by atoms with E-state index in [1.807, 2.05) is 0 Å². The van der Waals surface area contributed by atoms with E-state index in [9.17, 15) is 13.5 Å². The quantitative estimate of drug-likeness (QED) is 0.717. The smallest absolute Gasteiger partial charge is 0.147 e. The normalized spacial score (nSPS) is 22.8. The van der Waals surface area contributed by atoms with Gasteiger partial charge < -0.3 is 5.11 Å². The fourth-order valence-electron chi connectivity index (χ4n) is 1.66. The minimum Gasteiger partial charge on any atom is -0.390 e. The van der Waals surface area contributed by atoms with Crippen LogP contribution in [-0.2, 0) is 9.84 Å². The van der Waals surface area contributed by atoms with E-state index in [-0.39, 0.29) is 5.75 Å². The Morgan fingerprint density at radius 3 is 2.25 bits per heavy atom. The van der Waals surface area contributed by atoms with E-state index in [1.54, 1.807) is 0 Å². The minimum atomic E-state index is -2.91.